The summed E-state index contributed by atoms with van der Waals surface area (Å²) >= 11 is 0. The molecule has 2 aliphatic rings. The van der Waals surface area contributed by atoms with Gasteiger partial charge in [-0.1, -0.05) is 0 Å². The molecule has 0 aliphatic heterocycles. The first kappa shape index (κ1) is 7.63. The smallest absolute Gasteiger partial charge is 0.0807 e. The van der Waals surface area contributed by atoms with Gasteiger partial charge in [0.1, 0.15) is 0 Å². The zero-order chi connectivity index (χ0) is 8.84. The Bertz CT molecular complexity index is 311. The molecule has 1 fully saturated rings. The maximum Gasteiger partial charge on any atom is 0.0807 e. The molecule has 1 atom stereocenters. The molecule has 0 aromatic carbocycles. The van der Waals surface area contributed by atoms with Gasteiger partial charge >= 0.3 is 0 Å². The number of aliphatic hydroxyl groups excluding tert-OH is 1. The molecule has 1 aromatic heterocycles. The predicted molar refractivity (Wildman–Crippen MR) is 50.6 cm³/mol. The summed E-state index contributed by atoms with van der Waals surface area (Å²) in [7, 11) is 0. The van der Waals surface area contributed by atoms with Crippen LogP contribution in [0.2, 0.25) is 0 Å². The SMILES string of the molecule is OC1CCCc2c1ccn2C1CC1. The van der Waals surface area contributed by atoms with Gasteiger partial charge in [0.25, 0.3) is 0 Å². The Morgan fingerprint density at radius 2 is 2.15 bits per heavy atom. The molecule has 13 heavy (non-hydrogen) atoms. The number of aliphatic hydroxyl groups is 1. The van der Waals surface area contributed by atoms with Crippen molar-refractivity contribution in [3.8, 4) is 0 Å². The van der Waals surface area contributed by atoms with Crippen LogP contribution in [0.15, 0.2) is 12.3 Å². The zero-order valence-electron chi connectivity index (χ0n) is 7.74. The second kappa shape index (κ2) is 2.61. The number of nitrogens with zero attached hydrogens (tertiary/aromatic N) is 1. The molecule has 2 heteroatoms. The quantitative estimate of drug-likeness (QED) is 0.699. The van der Waals surface area contributed by atoms with Crippen LogP contribution < -0.4 is 0 Å². The highest BCUT2D eigenvalue weighted by Crippen LogP contribution is 2.40. The molecule has 0 radical (unpaired) electrons. The molecule has 1 N–H and O–H groups in total. The average Bonchev–Trinajstić information content (AvgIpc) is 2.87. The van der Waals surface area contributed by atoms with Gasteiger partial charge in [0.15, 0.2) is 0 Å². The van der Waals surface area contributed by atoms with Gasteiger partial charge in [0.2, 0.25) is 0 Å². The van der Waals surface area contributed by atoms with Crippen molar-refractivity contribution >= 4 is 0 Å². The molecular formula is C11H15NO. The molecule has 1 heterocycles. The second-order valence-electron chi connectivity index (χ2n) is 4.26. The van der Waals surface area contributed by atoms with Crippen LogP contribution in [0.25, 0.3) is 0 Å². The molecule has 2 nitrogen and oxygen atoms in total. The summed E-state index contributed by atoms with van der Waals surface area (Å²) in [6.45, 7) is 0. The van der Waals surface area contributed by atoms with Crippen LogP contribution in [0, 0.1) is 0 Å². The summed E-state index contributed by atoms with van der Waals surface area (Å²) in [6, 6.07) is 2.87. The van der Waals surface area contributed by atoms with Gasteiger partial charge in [0, 0.05) is 23.5 Å². The fraction of sp³-hybridized carbons (Fsp3) is 0.636. The number of hydrogen-bond acceptors (Lipinski definition) is 1. The van der Waals surface area contributed by atoms with E-state index in [4.69, 9.17) is 0 Å². The zero-order valence-corrected chi connectivity index (χ0v) is 7.74. The molecule has 0 saturated heterocycles. The normalized spacial score (nSPS) is 27.3. The Kier molecular flexibility index (Phi) is 1.53. The van der Waals surface area contributed by atoms with Gasteiger partial charge in [0.05, 0.1) is 6.10 Å². The van der Waals surface area contributed by atoms with E-state index in [1.54, 1.807) is 0 Å². The molecule has 0 bridgehead atoms. The largest absolute Gasteiger partial charge is 0.388 e. The lowest BCUT2D eigenvalue weighted by molar-refractivity contribution is 0.155. The van der Waals surface area contributed by atoms with Crippen LogP contribution >= 0.6 is 0 Å². The van der Waals surface area contributed by atoms with Gasteiger partial charge < -0.3 is 9.67 Å². The molecule has 1 aromatic rings. The summed E-state index contributed by atoms with van der Waals surface area (Å²) in [5.41, 5.74) is 2.60. The van der Waals surface area contributed by atoms with E-state index in [0.29, 0.717) is 0 Å². The Morgan fingerprint density at radius 1 is 1.31 bits per heavy atom. The van der Waals surface area contributed by atoms with E-state index in [1.165, 1.54) is 24.1 Å². The second-order valence-corrected chi connectivity index (χ2v) is 4.26. The Balaban J connectivity index is 2.04. The van der Waals surface area contributed by atoms with Gasteiger partial charge in [-0.3, -0.25) is 0 Å². The average molecular weight is 177 g/mol. The van der Waals surface area contributed by atoms with Gasteiger partial charge in [-0.2, -0.15) is 0 Å². The van der Waals surface area contributed by atoms with Crippen LogP contribution in [0.4, 0.5) is 0 Å². The highest BCUT2D eigenvalue weighted by atomic mass is 16.3. The molecule has 0 spiro atoms. The molecule has 3 rings (SSSR count). The lowest BCUT2D eigenvalue weighted by atomic mass is 9.95. The van der Waals surface area contributed by atoms with Crippen LogP contribution in [-0.4, -0.2) is 9.67 Å². The summed E-state index contributed by atoms with van der Waals surface area (Å²) in [5, 5.41) is 9.76. The number of rotatable bonds is 1. The summed E-state index contributed by atoms with van der Waals surface area (Å²) in [5.74, 6) is 0. The molecular weight excluding hydrogens is 162 g/mol. The predicted octanol–water partition coefficient (Wildman–Crippen LogP) is 2.19. The molecule has 0 amide bonds. The summed E-state index contributed by atoms with van der Waals surface area (Å²) < 4.78 is 2.39. The highest BCUT2D eigenvalue weighted by molar-refractivity contribution is 5.28. The maximum atomic E-state index is 9.76. The van der Waals surface area contributed by atoms with Gasteiger partial charge in [-0.05, 0) is 38.2 Å². The van der Waals surface area contributed by atoms with E-state index in [1.807, 2.05) is 0 Å². The minimum absolute atomic E-state index is 0.191. The van der Waals surface area contributed by atoms with E-state index in [2.05, 4.69) is 16.8 Å². The molecule has 1 saturated carbocycles. The number of fused-ring (bicyclic) bond motifs is 1. The third-order valence-electron chi connectivity index (χ3n) is 3.25. The first-order valence-corrected chi connectivity index (χ1v) is 5.24. The summed E-state index contributed by atoms with van der Waals surface area (Å²) in [4.78, 5) is 0. The minimum Gasteiger partial charge on any atom is -0.388 e. The molecule has 2 aliphatic carbocycles. The number of hydrogen-bond donors (Lipinski definition) is 1. The first-order chi connectivity index (χ1) is 6.36. The minimum atomic E-state index is -0.191. The topological polar surface area (TPSA) is 25.2 Å². The third-order valence-corrected chi connectivity index (χ3v) is 3.25. The van der Waals surface area contributed by atoms with Crippen molar-refractivity contribution in [3.63, 3.8) is 0 Å². The van der Waals surface area contributed by atoms with E-state index in [0.717, 1.165) is 25.3 Å². The lowest BCUT2D eigenvalue weighted by Crippen LogP contribution is -2.11. The van der Waals surface area contributed by atoms with Crippen molar-refractivity contribution in [1.29, 1.82) is 0 Å². The van der Waals surface area contributed by atoms with Crippen LogP contribution in [-0.2, 0) is 6.42 Å². The monoisotopic (exact) mass is 177 g/mol. The van der Waals surface area contributed by atoms with E-state index in [9.17, 15) is 5.11 Å². The first-order valence-electron chi connectivity index (χ1n) is 5.24. The van der Waals surface area contributed by atoms with Crippen LogP contribution in [0.1, 0.15) is 49.1 Å². The Morgan fingerprint density at radius 3 is 2.92 bits per heavy atom. The van der Waals surface area contributed by atoms with Crippen molar-refractivity contribution in [3.05, 3.63) is 23.5 Å². The fourth-order valence-corrected chi connectivity index (χ4v) is 2.39. The van der Waals surface area contributed by atoms with Gasteiger partial charge in [-0.15, -0.1) is 0 Å². The highest BCUT2D eigenvalue weighted by Gasteiger charge is 2.29. The maximum absolute atomic E-state index is 9.76. The van der Waals surface area contributed by atoms with Crippen LogP contribution in [0.5, 0.6) is 0 Å². The van der Waals surface area contributed by atoms with Crippen LogP contribution in [0.3, 0.4) is 0 Å². The van der Waals surface area contributed by atoms with E-state index in [-0.39, 0.29) is 6.10 Å². The van der Waals surface area contributed by atoms with Crippen molar-refractivity contribution < 1.29 is 5.11 Å². The number of aromatic nitrogens is 1. The van der Waals surface area contributed by atoms with E-state index < -0.39 is 0 Å². The van der Waals surface area contributed by atoms with E-state index >= 15 is 0 Å². The molecule has 1 unspecified atom stereocenters. The standard InChI is InChI=1S/C11H15NO/c13-11-3-1-2-10-9(11)6-7-12(10)8-4-5-8/h6-8,11,13H,1-5H2. The fourth-order valence-electron chi connectivity index (χ4n) is 2.39. The summed E-state index contributed by atoms with van der Waals surface area (Å²) in [6.07, 6.45) is 7.89. The Labute approximate surface area is 78.2 Å². The molecule has 70 valence electrons. The van der Waals surface area contributed by atoms with Crippen molar-refractivity contribution in [2.24, 2.45) is 0 Å². The Hall–Kier alpha value is -0.760. The van der Waals surface area contributed by atoms with Crippen molar-refractivity contribution in [2.45, 2.75) is 44.2 Å². The lowest BCUT2D eigenvalue weighted by Gasteiger charge is -2.19. The third kappa shape index (κ3) is 1.12. The van der Waals surface area contributed by atoms with Crippen molar-refractivity contribution in [2.75, 3.05) is 0 Å². The van der Waals surface area contributed by atoms with Gasteiger partial charge in [-0.25, -0.2) is 0 Å². The van der Waals surface area contributed by atoms with Crippen molar-refractivity contribution in [1.82, 2.24) is 4.57 Å².